The Labute approximate surface area is 116 Å². The second-order valence-corrected chi connectivity index (χ2v) is 5.95. The predicted molar refractivity (Wildman–Crippen MR) is 72.3 cm³/mol. The van der Waals surface area contributed by atoms with Crippen LogP contribution in [0.1, 0.15) is 12.5 Å². The number of sulfonamides is 1. The first kappa shape index (κ1) is 14.0. The van der Waals surface area contributed by atoms with Crippen molar-refractivity contribution in [1.29, 1.82) is 0 Å². The second-order valence-electron chi connectivity index (χ2n) is 4.05. The van der Waals surface area contributed by atoms with Crippen molar-refractivity contribution < 1.29 is 8.42 Å². The molecule has 0 amide bonds. The number of primary sulfonamides is 1. The number of hydrogen-bond acceptors (Lipinski definition) is 4. The van der Waals surface area contributed by atoms with Crippen LogP contribution in [0.3, 0.4) is 0 Å². The van der Waals surface area contributed by atoms with Gasteiger partial charge in [-0.15, -0.1) is 10.2 Å². The highest BCUT2D eigenvalue weighted by molar-refractivity contribution is 7.89. The molecule has 102 valence electrons. The first-order chi connectivity index (χ1) is 8.84. The molecule has 0 saturated heterocycles. The Kier molecular flexibility index (Phi) is 3.62. The van der Waals surface area contributed by atoms with E-state index in [4.69, 9.17) is 16.7 Å². The van der Waals surface area contributed by atoms with Gasteiger partial charge in [-0.2, -0.15) is 0 Å². The highest BCUT2D eigenvalue weighted by Crippen LogP contribution is 2.26. The number of aryl methyl sites for hydroxylation is 1. The molecule has 0 spiro atoms. The van der Waals surface area contributed by atoms with Gasteiger partial charge in [0.25, 0.3) is 15.2 Å². The van der Waals surface area contributed by atoms with Crippen LogP contribution in [0, 0.1) is 6.92 Å². The zero-order valence-electron chi connectivity index (χ0n) is 10.5. The molecule has 2 aromatic rings. The maximum absolute atomic E-state index is 11.4. The quantitative estimate of drug-likeness (QED) is 0.931. The average molecular weight is 301 g/mol. The van der Waals surface area contributed by atoms with Crippen molar-refractivity contribution in [2.75, 3.05) is 0 Å². The van der Waals surface area contributed by atoms with E-state index in [1.165, 1.54) is 4.57 Å². The summed E-state index contributed by atoms with van der Waals surface area (Å²) in [6.45, 7) is 4.07. The van der Waals surface area contributed by atoms with Crippen LogP contribution in [0.25, 0.3) is 11.4 Å². The minimum atomic E-state index is -3.90. The van der Waals surface area contributed by atoms with Crippen molar-refractivity contribution in [2.24, 2.45) is 5.14 Å². The molecule has 0 saturated carbocycles. The van der Waals surface area contributed by atoms with E-state index in [9.17, 15) is 8.42 Å². The van der Waals surface area contributed by atoms with Gasteiger partial charge in [0.2, 0.25) is 0 Å². The zero-order valence-corrected chi connectivity index (χ0v) is 12.0. The molecule has 2 rings (SSSR count). The number of aromatic nitrogens is 3. The standard InChI is InChI=1S/C11H13ClN4O2S/c1-3-16-10(14-15-11(16)19(13,17)18)9-6-8(12)5-4-7(9)2/h4-6H,3H2,1-2H3,(H2,13,17,18). The molecule has 0 aliphatic carbocycles. The van der Waals surface area contributed by atoms with Gasteiger partial charge in [-0.3, -0.25) is 4.57 Å². The highest BCUT2D eigenvalue weighted by Gasteiger charge is 2.21. The fourth-order valence-corrected chi connectivity index (χ4v) is 2.67. The summed E-state index contributed by atoms with van der Waals surface area (Å²) < 4.78 is 24.3. The third kappa shape index (κ3) is 2.63. The van der Waals surface area contributed by atoms with Crippen molar-refractivity contribution in [3.8, 4) is 11.4 Å². The molecule has 1 aromatic carbocycles. The normalized spacial score (nSPS) is 11.8. The number of nitrogens with two attached hydrogens (primary N) is 1. The SMILES string of the molecule is CCn1c(-c2cc(Cl)ccc2C)nnc1S(N)(=O)=O. The van der Waals surface area contributed by atoms with Crippen molar-refractivity contribution in [2.45, 2.75) is 25.5 Å². The first-order valence-electron chi connectivity index (χ1n) is 5.57. The lowest BCUT2D eigenvalue weighted by molar-refractivity contribution is 0.571. The van der Waals surface area contributed by atoms with Crippen molar-refractivity contribution >= 4 is 21.6 Å². The van der Waals surface area contributed by atoms with E-state index in [2.05, 4.69) is 10.2 Å². The van der Waals surface area contributed by atoms with Crippen LogP contribution >= 0.6 is 11.6 Å². The number of hydrogen-bond donors (Lipinski definition) is 1. The Bertz CT molecular complexity index is 724. The summed E-state index contributed by atoms with van der Waals surface area (Å²) in [5.74, 6) is 0.437. The van der Waals surface area contributed by atoms with Crippen LogP contribution in [-0.4, -0.2) is 23.2 Å². The summed E-state index contributed by atoms with van der Waals surface area (Å²) in [4.78, 5) is 0. The van der Waals surface area contributed by atoms with E-state index >= 15 is 0 Å². The van der Waals surface area contributed by atoms with E-state index in [-0.39, 0.29) is 5.16 Å². The Balaban J connectivity index is 2.70. The fraction of sp³-hybridized carbons (Fsp3) is 0.273. The van der Waals surface area contributed by atoms with Crippen LogP contribution in [-0.2, 0) is 16.6 Å². The fourth-order valence-electron chi connectivity index (χ4n) is 1.82. The molecule has 0 unspecified atom stereocenters. The van der Waals surface area contributed by atoms with Crippen molar-refractivity contribution in [3.63, 3.8) is 0 Å². The van der Waals surface area contributed by atoms with Crippen LogP contribution < -0.4 is 5.14 Å². The van der Waals surface area contributed by atoms with E-state index < -0.39 is 10.0 Å². The van der Waals surface area contributed by atoms with Gasteiger partial charge in [0.15, 0.2) is 5.82 Å². The van der Waals surface area contributed by atoms with Gasteiger partial charge in [0.1, 0.15) is 0 Å². The van der Waals surface area contributed by atoms with Crippen molar-refractivity contribution in [3.05, 3.63) is 28.8 Å². The maximum atomic E-state index is 11.4. The lowest BCUT2D eigenvalue weighted by atomic mass is 10.1. The summed E-state index contributed by atoms with van der Waals surface area (Å²) in [6.07, 6.45) is 0. The molecule has 2 N–H and O–H groups in total. The summed E-state index contributed by atoms with van der Waals surface area (Å²) in [5, 5.41) is 13.0. The molecular weight excluding hydrogens is 288 g/mol. The zero-order chi connectivity index (χ0) is 14.2. The highest BCUT2D eigenvalue weighted by atomic mass is 35.5. The summed E-state index contributed by atoms with van der Waals surface area (Å²) in [7, 11) is -3.90. The van der Waals surface area contributed by atoms with E-state index in [1.807, 2.05) is 13.0 Å². The predicted octanol–water partition coefficient (Wildman–Crippen LogP) is 1.57. The summed E-state index contributed by atoms with van der Waals surface area (Å²) in [6, 6.07) is 5.32. The lowest BCUT2D eigenvalue weighted by Crippen LogP contribution is -2.18. The molecule has 0 aliphatic rings. The molecule has 0 atom stereocenters. The Morgan fingerprint density at radius 1 is 1.37 bits per heavy atom. The summed E-state index contributed by atoms with van der Waals surface area (Å²) >= 11 is 5.96. The monoisotopic (exact) mass is 300 g/mol. The molecule has 0 aliphatic heterocycles. The number of halogens is 1. The van der Waals surface area contributed by atoms with Gasteiger partial charge >= 0.3 is 0 Å². The molecular formula is C11H13ClN4O2S. The van der Waals surface area contributed by atoms with Gasteiger partial charge in [-0.1, -0.05) is 17.7 Å². The number of rotatable bonds is 3. The molecule has 19 heavy (non-hydrogen) atoms. The molecule has 1 aromatic heterocycles. The molecule has 0 bridgehead atoms. The van der Waals surface area contributed by atoms with E-state index in [0.717, 1.165) is 11.1 Å². The molecule has 0 radical (unpaired) electrons. The Morgan fingerprint density at radius 3 is 2.63 bits per heavy atom. The minimum Gasteiger partial charge on any atom is -0.297 e. The maximum Gasteiger partial charge on any atom is 0.273 e. The summed E-state index contributed by atoms with van der Waals surface area (Å²) in [5.41, 5.74) is 1.66. The minimum absolute atomic E-state index is 0.246. The number of benzene rings is 1. The Hall–Kier alpha value is -1.44. The van der Waals surface area contributed by atoms with Gasteiger partial charge in [-0.05, 0) is 31.5 Å². The third-order valence-corrected chi connectivity index (χ3v) is 3.77. The molecule has 1 heterocycles. The van der Waals surface area contributed by atoms with Crippen LogP contribution in [0.15, 0.2) is 23.4 Å². The molecule has 6 nitrogen and oxygen atoms in total. The van der Waals surface area contributed by atoms with Crippen LogP contribution in [0.5, 0.6) is 0 Å². The smallest absolute Gasteiger partial charge is 0.273 e. The molecule has 8 heteroatoms. The number of nitrogens with zero attached hydrogens (tertiary/aromatic N) is 3. The largest absolute Gasteiger partial charge is 0.297 e. The van der Waals surface area contributed by atoms with Crippen LogP contribution in [0.4, 0.5) is 0 Å². The first-order valence-corrected chi connectivity index (χ1v) is 7.49. The third-order valence-electron chi connectivity index (χ3n) is 2.73. The topological polar surface area (TPSA) is 90.9 Å². The van der Waals surface area contributed by atoms with E-state index in [0.29, 0.717) is 17.4 Å². The lowest BCUT2D eigenvalue weighted by Gasteiger charge is -2.08. The Morgan fingerprint density at radius 2 is 2.05 bits per heavy atom. The molecule has 0 fully saturated rings. The van der Waals surface area contributed by atoms with Gasteiger partial charge in [0.05, 0.1) is 0 Å². The van der Waals surface area contributed by atoms with Gasteiger partial charge in [0, 0.05) is 17.1 Å². The van der Waals surface area contributed by atoms with Gasteiger partial charge in [-0.25, -0.2) is 13.6 Å². The average Bonchev–Trinajstić information content (AvgIpc) is 2.75. The van der Waals surface area contributed by atoms with Gasteiger partial charge < -0.3 is 0 Å². The second kappa shape index (κ2) is 4.92. The van der Waals surface area contributed by atoms with Crippen molar-refractivity contribution in [1.82, 2.24) is 14.8 Å². The van der Waals surface area contributed by atoms with E-state index in [1.54, 1.807) is 19.1 Å². The van der Waals surface area contributed by atoms with Crippen LogP contribution in [0.2, 0.25) is 5.02 Å².